The van der Waals surface area contributed by atoms with Crippen molar-refractivity contribution in [2.45, 2.75) is 33.6 Å². The van der Waals surface area contributed by atoms with E-state index in [1.165, 1.54) is 5.56 Å². The zero-order valence-corrected chi connectivity index (χ0v) is 21.7. The Kier molecular flexibility index (Phi) is 8.48. The number of benzene rings is 2. The molecule has 0 spiro atoms. The number of hydrogen-bond acceptors (Lipinski definition) is 3. The van der Waals surface area contributed by atoms with E-state index in [9.17, 15) is 8.42 Å². The molecule has 0 aliphatic carbocycles. The Bertz CT molecular complexity index is 1130. The van der Waals surface area contributed by atoms with Gasteiger partial charge in [0.1, 0.15) is 0 Å². The largest absolute Gasteiger partial charge is 1.00 e. The number of aromatic amines is 1. The van der Waals surface area contributed by atoms with Crippen molar-refractivity contribution in [1.82, 2.24) is 4.98 Å². The van der Waals surface area contributed by atoms with Crippen LogP contribution in [0.15, 0.2) is 54.6 Å². The van der Waals surface area contributed by atoms with Crippen LogP contribution >= 0.6 is 12.2 Å². The Balaban J connectivity index is 0.00000240. The first-order valence-corrected chi connectivity index (χ1v) is 11.7. The van der Waals surface area contributed by atoms with E-state index >= 15 is 0 Å². The van der Waals surface area contributed by atoms with E-state index < -0.39 is 10.0 Å². The number of thiocarbonyl (C=S) groups is 1. The quantitative estimate of drug-likeness (QED) is 0.330. The van der Waals surface area contributed by atoms with Crippen molar-refractivity contribution in [3.05, 3.63) is 88.2 Å². The number of hydrogen-bond donors (Lipinski definition) is 2. The van der Waals surface area contributed by atoms with Crippen LogP contribution in [-0.4, -0.2) is 24.0 Å². The second-order valence-corrected chi connectivity index (χ2v) is 9.75. The van der Waals surface area contributed by atoms with Crippen LogP contribution in [0.1, 0.15) is 54.8 Å². The van der Waals surface area contributed by atoms with Crippen molar-refractivity contribution < 1.29 is 39.4 Å². The van der Waals surface area contributed by atoms with Crippen LogP contribution in [-0.2, 0) is 10.0 Å². The summed E-state index contributed by atoms with van der Waals surface area (Å²) in [7, 11) is -3.27. The monoisotopic (exact) mass is 450 g/mol. The molecule has 7 heteroatoms. The van der Waals surface area contributed by atoms with E-state index in [0.29, 0.717) is 5.69 Å². The molecule has 2 aromatic carbocycles. The zero-order valence-electron chi connectivity index (χ0n) is 19.1. The Morgan fingerprint density at radius 1 is 1.10 bits per heavy atom. The summed E-state index contributed by atoms with van der Waals surface area (Å²) in [6.07, 6.45) is 0. The van der Waals surface area contributed by atoms with Gasteiger partial charge in [0.05, 0.1) is 16.3 Å². The molecule has 1 heterocycles. The second kappa shape index (κ2) is 10.2. The molecule has 30 heavy (non-hydrogen) atoms. The van der Waals surface area contributed by atoms with Crippen molar-refractivity contribution in [3.8, 4) is 0 Å². The molecule has 0 radical (unpaired) electrons. The van der Waals surface area contributed by atoms with Crippen LogP contribution in [0.3, 0.4) is 0 Å². The van der Waals surface area contributed by atoms with Gasteiger partial charge in [0, 0.05) is 17.3 Å². The molecule has 2 N–H and O–H groups in total. The summed E-state index contributed by atoms with van der Waals surface area (Å²) < 4.78 is 26.0. The van der Waals surface area contributed by atoms with Crippen molar-refractivity contribution in [2.75, 3.05) is 10.5 Å². The van der Waals surface area contributed by atoms with E-state index in [4.69, 9.17) is 12.2 Å². The summed E-state index contributed by atoms with van der Waals surface area (Å²) >= 11 is 5.72. The minimum absolute atomic E-state index is 0. The minimum atomic E-state index is -3.27. The fourth-order valence-corrected chi connectivity index (χ4v) is 4.16. The fourth-order valence-electron chi connectivity index (χ4n) is 3.17. The van der Waals surface area contributed by atoms with Gasteiger partial charge < -0.3 is 6.41 Å². The number of aromatic nitrogens is 1. The molecule has 0 saturated heterocycles. The summed E-state index contributed by atoms with van der Waals surface area (Å²) in [4.78, 5) is 4.31. The van der Waals surface area contributed by atoms with Gasteiger partial charge in [-0.3, -0.25) is 4.72 Å². The number of nitrogens with one attached hydrogen (secondary N) is 2. The molecule has 0 aliphatic rings. The van der Waals surface area contributed by atoms with Crippen LogP contribution in [0.25, 0.3) is 0 Å². The van der Waals surface area contributed by atoms with Gasteiger partial charge in [0.15, 0.2) is 0 Å². The number of sulfonamides is 1. The van der Waals surface area contributed by atoms with Crippen molar-refractivity contribution in [2.24, 2.45) is 0 Å². The minimum Gasteiger partial charge on any atom is -1.00 e. The van der Waals surface area contributed by atoms with Crippen LogP contribution in [0, 0.1) is 13.8 Å². The molecule has 3 rings (SSSR count). The Morgan fingerprint density at radius 2 is 1.70 bits per heavy atom. The molecule has 3 aromatic rings. The Hall–Kier alpha value is -1.44. The third-order valence-electron chi connectivity index (χ3n) is 5.11. The average Bonchev–Trinajstić information content (AvgIpc) is 3.09. The van der Waals surface area contributed by atoms with Crippen molar-refractivity contribution in [3.63, 3.8) is 0 Å². The van der Waals surface area contributed by atoms with Gasteiger partial charge in [0.25, 0.3) is 0 Å². The fraction of sp³-hybridized carbons (Fsp3) is 0.261. The van der Waals surface area contributed by atoms with Crippen LogP contribution in [0.4, 0.5) is 5.69 Å². The maximum absolute atomic E-state index is 11.7. The third-order valence-corrected chi connectivity index (χ3v) is 6.85. The molecule has 0 amide bonds. The Morgan fingerprint density at radius 3 is 2.27 bits per heavy atom. The molecule has 154 valence electrons. The summed E-state index contributed by atoms with van der Waals surface area (Å²) in [5.41, 5.74) is 7.07. The van der Waals surface area contributed by atoms with E-state index in [-0.39, 0.29) is 42.7 Å². The normalized spacial score (nSPS) is 12.1. The molecular formula is C23H27N2NaO2S2. The number of anilines is 1. The first kappa shape index (κ1) is 24.8. The van der Waals surface area contributed by atoms with Crippen molar-refractivity contribution in [1.29, 1.82) is 0 Å². The third kappa shape index (κ3) is 5.83. The van der Waals surface area contributed by atoms with E-state index in [1.54, 1.807) is 19.1 Å². The van der Waals surface area contributed by atoms with Gasteiger partial charge in [0.2, 0.25) is 10.0 Å². The summed E-state index contributed by atoms with van der Waals surface area (Å²) in [5.74, 6) is 0.177. The maximum atomic E-state index is 11.7. The molecule has 1 unspecified atom stereocenters. The molecule has 1 atom stereocenters. The predicted molar refractivity (Wildman–Crippen MR) is 126 cm³/mol. The predicted octanol–water partition coefficient (Wildman–Crippen LogP) is 2.43. The molecule has 0 saturated carbocycles. The number of rotatable bonds is 7. The topological polar surface area (TPSA) is 62.0 Å². The molecular weight excluding hydrogens is 423 g/mol. The first-order valence-electron chi connectivity index (χ1n) is 9.61. The van der Waals surface area contributed by atoms with Crippen LogP contribution in [0.5, 0.6) is 0 Å². The van der Waals surface area contributed by atoms with E-state index in [1.807, 2.05) is 12.1 Å². The van der Waals surface area contributed by atoms with Gasteiger partial charge in [-0.1, -0.05) is 61.1 Å². The summed E-state index contributed by atoms with van der Waals surface area (Å²) in [5, 5.41) is 0. The number of aryl methyl sites for hydroxylation is 2. The van der Waals surface area contributed by atoms with Crippen LogP contribution < -0.4 is 34.3 Å². The number of H-pyrrole nitrogens is 1. The second-order valence-electron chi connectivity index (χ2n) is 7.33. The average molecular weight is 451 g/mol. The van der Waals surface area contributed by atoms with E-state index in [2.05, 4.69) is 60.8 Å². The Labute approximate surface area is 208 Å². The van der Waals surface area contributed by atoms with Gasteiger partial charge >= 0.3 is 29.6 Å². The van der Waals surface area contributed by atoms with Gasteiger partial charge in [-0.2, -0.15) is 0 Å². The van der Waals surface area contributed by atoms with Gasteiger partial charge in [-0.05, 0) is 55.7 Å². The van der Waals surface area contributed by atoms with Gasteiger partial charge in [-0.15, -0.1) is 0 Å². The molecule has 0 aliphatic heterocycles. The molecule has 4 nitrogen and oxygen atoms in total. The van der Waals surface area contributed by atoms with E-state index in [0.717, 1.165) is 32.9 Å². The standard InChI is InChI=1S/C23H26N2O2S2.Na.H/c1-5-29(26,27)25-20-12-10-18(11-13-20)17(4)21-14-16(3)22(24-21)23(28)19-8-6-15(2)7-9-19;;/h6-14,17,24-25H,5H2,1-4H3;;/q;+1;-1. The first-order chi connectivity index (χ1) is 13.7. The van der Waals surface area contributed by atoms with Crippen molar-refractivity contribution >= 4 is 32.8 Å². The SMILES string of the molecule is CCS(=O)(=O)Nc1ccc(C(C)c2cc(C)c(C(=S)c3ccc(C)cc3)[nH]2)cc1.[H-].[Na+]. The summed E-state index contributed by atoms with van der Waals surface area (Å²) in [6, 6.07) is 17.9. The molecule has 1 aromatic heterocycles. The zero-order chi connectivity index (χ0) is 21.2. The summed E-state index contributed by atoms with van der Waals surface area (Å²) in [6.45, 7) is 7.86. The van der Waals surface area contributed by atoms with Crippen LogP contribution in [0.2, 0.25) is 0 Å². The van der Waals surface area contributed by atoms with Gasteiger partial charge in [-0.25, -0.2) is 8.42 Å². The molecule has 0 fully saturated rings. The molecule has 0 bridgehead atoms. The maximum Gasteiger partial charge on any atom is 1.00 e. The smallest absolute Gasteiger partial charge is 1.00 e.